The summed E-state index contributed by atoms with van der Waals surface area (Å²) >= 11 is 0. The van der Waals surface area contributed by atoms with Gasteiger partial charge in [0.15, 0.2) is 0 Å². The molecule has 96 valence electrons. The zero-order valence-corrected chi connectivity index (χ0v) is 11.0. The Kier molecular flexibility index (Phi) is 4.63. The Balaban J connectivity index is 1.68. The molecule has 1 aliphatic heterocycles. The number of aryl methyl sites for hydroxylation is 1. The van der Waals surface area contributed by atoms with E-state index < -0.39 is 0 Å². The highest BCUT2D eigenvalue weighted by Gasteiger charge is 2.17. The zero-order chi connectivity index (χ0) is 12.1. The van der Waals surface area contributed by atoms with E-state index in [2.05, 4.69) is 36.2 Å². The van der Waals surface area contributed by atoms with Gasteiger partial charge in [0.1, 0.15) is 11.5 Å². The van der Waals surface area contributed by atoms with E-state index in [9.17, 15) is 0 Å². The van der Waals surface area contributed by atoms with Crippen LogP contribution in [-0.4, -0.2) is 30.6 Å². The van der Waals surface area contributed by atoms with Crippen molar-refractivity contribution in [2.45, 2.75) is 45.7 Å². The van der Waals surface area contributed by atoms with Gasteiger partial charge in [-0.15, -0.1) is 0 Å². The molecule has 3 nitrogen and oxygen atoms in total. The molecule has 1 fully saturated rings. The van der Waals surface area contributed by atoms with Crippen LogP contribution in [0.4, 0.5) is 0 Å². The Hall–Kier alpha value is -0.800. The SMILES string of the molecule is CCc1ccc(CNCC(C)N2CCCC2)o1. The highest BCUT2D eigenvalue weighted by molar-refractivity contribution is 5.06. The molecule has 1 saturated heterocycles. The van der Waals surface area contributed by atoms with Crippen LogP contribution in [0.3, 0.4) is 0 Å². The lowest BCUT2D eigenvalue weighted by Crippen LogP contribution is -2.38. The van der Waals surface area contributed by atoms with Crippen molar-refractivity contribution in [1.29, 1.82) is 0 Å². The van der Waals surface area contributed by atoms with Crippen LogP contribution in [0.2, 0.25) is 0 Å². The molecular formula is C14H24N2O. The summed E-state index contributed by atoms with van der Waals surface area (Å²) in [6.07, 6.45) is 3.70. The van der Waals surface area contributed by atoms with Crippen molar-refractivity contribution in [3.63, 3.8) is 0 Å². The molecule has 1 aromatic rings. The lowest BCUT2D eigenvalue weighted by atomic mass is 10.3. The van der Waals surface area contributed by atoms with Gasteiger partial charge in [-0.2, -0.15) is 0 Å². The van der Waals surface area contributed by atoms with Crippen LogP contribution in [0, 0.1) is 0 Å². The molecule has 2 heterocycles. The molecule has 0 aliphatic carbocycles. The number of rotatable bonds is 6. The van der Waals surface area contributed by atoms with E-state index in [1.54, 1.807) is 0 Å². The lowest BCUT2D eigenvalue weighted by molar-refractivity contribution is 0.250. The second-order valence-electron chi connectivity index (χ2n) is 4.94. The van der Waals surface area contributed by atoms with E-state index in [0.29, 0.717) is 6.04 Å². The third-order valence-corrected chi connectivity index (χ3v) is 3.57. The number of furan rings is 1. The third-order valence-electron chi connectivity index (χ3n) is 3.57. The molecule has 1 aromatic heterocycles. The smallest absolute Gasteiger partial charge is 0.117 e. The first-order valence-corrected chi connectivity index (χ1v) is 6.82. The Morgan fingerprint density at radius 2 is 2.00 bits per heavy atom. The van der Waals surface area contributed by atoms with Crippen molar-refractivity contribution in [2.24, 2.45) is 0 Å². The number of likely N-dealkylation sites (tertiary alicyclic amines) is 1. The van der Waals surface area contributed by atoms with Gasteiger partial charge in [0.05, 0.1) is 6.54 Å². The normalized spacial score (nSPS) is 18.7. The highest BCUT2D eigenvalue weighted by atomic mass is 16.3. The molecular weight excluding hydrogens is 212 g/mol. The van der Waals surface area contributed by atoms with Crippen LogP contribution >= 0.6 is 0 Å². The Bertz CT molecular complexity index is 329. The van der Waals surface area contributed by atoms with Crippen molar-refractivity contribution in [1.82, 2.24) is 10.2 Å². The predicted molar refractivity (Wildman–Crippen MR) is 70.1 cm³/mol. The molecule has 2 rings (SSSR count). The minimum atomic E-state index is 0.637. The van der Waals surface area contributed by atoms with Crippen molar-refractivity contribution >= 4 is 0 Å². The first-order chi connectivity index (χ1) is 8.29. The van der Waals surface area contributed by atoms with Crippen molar-refractivity contribution in [2.75, 3.05) is 19.6 Å². The number of nitrogens with one attached hydrogen (secondary N) is 1. The summed E-state index contributed by atoms with van der Waals surface area (Å²) in [7, 11) is 0. The van der Waals surface area contributed by atoms with Crippen LogP contribution in [0.5, 0.6) is 0 Å². The van der Waals surface area contributed by atoms with Gasteiger partial charge in [0.2, 0.25) is 0 Å². The van der Waals surface area contributed by atoms with E-state index in [1.165, 1.54) is 25.9 Å². The van der Waals surface area contributed by atoms with E-state index in [-0.39, 0.29) is 0 Å². The summed E-state index contributed by atoms with van der Waals surface area (Å²) in [6.45, 7) is 8.84. The van der Waals surface area contributed by atoms with E-state index in [0.717, 1.165) is 31.0 Å². The van der Waals surface area contributed by atoms with Crippen molar-refractivity contribution in [3.05, 3.63) is 23.7 Å². The molecule has 3 heteroatoms. The monoisotopic (exact) mass is 236 g/mol. The molecule has 0 aromatic carbocycles. The number of hydrogen-bond donors (Lipinski definition) is 1. The number of nitrogens with zero attached hydrogens (tertiary/aromatic N) is 1. The minimum Gasteiger partial charge on any atom is -0.465 e. The van der Waals surface area contributed by atoms with Crippen LogP contribution in [0.25, 0.3) is 0 Å². The second kappa shape index (κ2) is 6.22. The van der Waals surface area contributed by atoms with Gasteiger partial charge in [-0.1, -0.05) is 6.92 Å². The van der Waals surface area contributed by atoms with E-state index >= 15 is 0 Å². The summed E-state index contributed by atoms with van der Waals surface area (Å²) < 4.78 is 5.66. The summed E-state index contributed by atoms with van der Waals surface area (Å²) in [4.78, 5) is 2.56. The maximum atomic E-state index is 5.66. The Morgan fingerprint density at radius 3 is 2.65 bits per heavy atom. The molecule has 0 radical (unpaired) electrons. The maximum absolute atomic E-state index is 5.66. The summed E-state index contributed by atoms with van der Waals surface area (Å²) in [5, 5.41) is 3.48. The van der Waals surface area contributed by atoms with Crippen molar-refractivity contribution in [3.8, 4) is 0 Å². The van der Waals surface area contributed by atoms with Crippen LogP contribution in [-0.2, 0) is 13.0 Å². The first kappa shape index (κ1) is 12.7. The first-order valence-electron chi connectivity index (χ1n) is 6.82. The molecule has 1 atom stereocenters. The summed E-state index contributed by atoms with van der Waals surface area (Å²) in [5.74, 6) is 2.13. The lowest BCUT2D eigenvalue weighted by Gasteiger charge is -2.23. The molecule has 1 N–H and O–H groups in total. The topological polar surface area (TPSA) is 28.4 Å². The molecule has 0 bridgehead atoms. The molecule has 1 unspecified atom stereocenters. The van der Waals surface area contributed by atoms with E-state index in [1.807, 2.05) is 0 Å². The quantitative estimate of drug-likeness (QED) is 0.822. The zero-order valence-electron chi connectivity index (χ0n) is 11.0. The third kappa shape index (κ3) is 3.58. The highest BCUT2D eigenvalue weighted by Crippen LogP contribution is 2.11. The Labute approximate surface area is 104 Å². The molecule has 0 saturated carbocycles. The van der Waals surface area contributed by atoms with Gasteiger partial charge in [0.25, 0.3) is 0 Å². The van der Waals surface area contributed by atoms with Gasteiger partial charge in [-0.25, -0.2) is 0 Å². The van der Waals surface area contributed by atoms with Gasteiger partial charge in [-0.3, -0.25) is 4.90 Å². The van der Waals surface area contributed by atoms with Crippen LogP contribution in [0.1, 0.15) is 38.2 Å². The Morgan fingerprint density at radius 1 is 1.29 bits per heavy atom. The fraction of sp³-hybridized carbons (Fsp3) is 0.714. The molecule has 17 heavy (non-hydrogen) atoms. The van der Waals surface area contributed by atoms with Crippen LogP contribution in [0.15, 0.2) is 16.5 Å². The van der Waals surface area contributed by atoms with Gasteiger partial charge in [0, 0.05) is 19.0 Å². The van der Waals surface area contributed by atoms with Crippen molar-refractivity contribution < 1.29 is 4.42 Å². The van der Waals surface area contributed by atoms with E-state index in [4.69, 9.17) is 4.42 Å². The largest absolute Gasteiger partial charge is 0.465 e. The standard InChI is InChI=1S/C14H24N2O/c1-3-13-6-7-14(17-13)11-15-10-12(2)16-8-4-5-9-16/h6-7,12,15H,3-5,8-11H2,1-2H3. The summed E-state index contributed by atoms with van der Waals surface area (Å²) in [5.41, 5.74) is 0. The molecule has 0 amide bonds. The molecule has 1 aliphatic rings. The van der Waals surface area contributed by atoms with Gasteiger partial charge in [-0.05, 0) is 45.0 Å². The molecule has 0 spiro atoms. The average molecular weight is 236 g/mol. The predicted octanol–water partition coefficient (Wildman–Crippen LogP) is 2.42. The van der Waals surface area contributed by atoms with Crippen LogP contribution < -0.4 is 5.32 Å². The fourth-order valence-corrected chi connectivity index (χ4v) is 2.42. The fourth-order valence-electron chi connectivity index (χ4n) is 2.42. The number of hydrogen-bond acceptors (Lipinski definition) is 3. The minimum absolute atomic E-state index is 0.637. The van der Waals surface area contributed by atoms with Gasteiger partial charge < -0.3 is 9.73 Å². The maximum Gasteiger partial charge on any atom is 0.117 e. The average Bonchev–Trinajstić information content (AvgIpc) is 3.00. The summed E-state index contributed by atoms with van der Waals surface area (Å²) in [6, 6.07) is 4.78. The second-order valence-corrected chi connectivity index (χ2v) is 4.94. The van der Waals surface area contributed by atoms with Gasteiger partial charge >= 0.3 is 0 Å².